The Morgan fingerprint density at radius 2 is 2.21 bits per heavy atom. The van der Waals surface area contributed by atoms with Gasteiger partial charge in [0, 0.05) is 23.5 Å². The number of ether oxygens (including phenoxy) is 1. The molecule has 1 heterocycles. The average Bonchev–Trinajstić information content (AvgIpc) is 2.38. The second kappa shape index (κ2) is 5.99. The van der Waals surface area contributed by atoms with E-state index in [9.17, 15) is 9.59 Å². The van der Waals surface area contributed by atoms with E-state index in [1.165, 1.54) is 13.2 Å². The lowest BCUT2D eigenvalue weighted by Crippen LogP contribution is -2.30. The predicted molar refractivity (Wildman–Crippen MR) is 74.4 cm³/mol. The molecular weight excluding hydrogens is 314 g/mol. The zero-order valence-electron chi connectivity index (χ0n) is 10.2. The first kappa shape index (κ1) is 13.8. The van der Waals surface area contributed by atoms with E-state index in [1.54, 1.807) is 18.2 Å². The van der Waals surface area contributed by atoms with Gasteiger partial charge in [0.15, 0.2) is 0 Å². The zero-order valence-corrected chi connectivity index (χ0v) is 11.8. The minimum atomic E-state index is -0.648. The maximum atomic E-state index is 11.8. The van der Waals surface area contributed by atoms with Crippen LogP contribution in [0.4, 0.5) is 0 Å². The molecule has 0 saturated heterocycles. The van der Waals surface area contributed by atoms with Crippen LogP contribution in [-0.4, -0.2) is 26.2 Å². The molecule has 5 nitrogen and oxygen atoms in total. The van der Waals surface area contributed by atoms with Gasteiger partial charge in [-0.15, -0.1) is 0 Å². The monoisotopic (exact) mass is 325 g/mol. The van der Waals surface area contributed by atoms with Crippen LogP contribution < -0.4 is 10.9 Å². The average molecular weight is 326 g/mol. The summed E-state index contributed by atoms with van der Waals surface area (Å²) in [5, 5.41) is 3.27. The first-order valence-electron chi connectivity index (χ1n) is 5.62. The molecule has 0 aliphatic heterocycles. The molecule has 1 aromatic carbocycles. The number of carbonyl (C=O) groups is 1. The summed E-state index contributed by atoms with van der Waals surface area (Å²) in [6, 6.07) is 6.75. The quantitative estimate of drug-likeness (QED) is 0.689. The Bertz CT molecular complexity index is 665. The molecule has 2 aromatic rings. The SMILES string of the molecule is COCCNC(=O)c1cc2cc(Br)ccc2oc1=O. The van der Waals surface area contributed by atoms with Gasteiger partial charge in [-0.05, 0) is 24.3 Å². The Morgan fingerprint density at radius 1 is 1.42 bits per heavy atom. The van der Waals surface area contributed by atoms with E-state index in [0.717, 1.165) is 4.47 Å². The number of hydrogen-bond acceptors (Lipinski definition) is 4. The molecule has 19 heavy (non-hydrogen) atoms. The standard InChI is InChI=1S/C13H12BrNO4/c1-18-5-4-15-12(16)10-7-8-6-9(14)2-3-11(8)19-13(10)17/h2-3,6-7H,4-5H2,1H3,(H,15,16). The van der Waals surface area contributed by atoms with E-state index in [-0.39, 0.29) is 5.56 Å². The Balaban J connectivity index is 2.35. The van der Waals surface area contributed by atoms with E-state index >= 15 is 0 Å². The summed E-state index contributed by atoms with van der Waals surface area (Å²) in [6.07, 6.45) is 0. The number of carbonyl (C=O) groups excluding carboxylic acids is 1. The first-order valence-corrected chi connectivity index (χ1v) is 6.41. The van der Waals surface area contributed by atoms with Gasteiger partial charge in [-0.2, -0.15) is 0 Å². The number of hydrogen-bond donors (Lipinski definition) is 1. The summed E-state index contributed by atoms with van der Waals surface area (Å²) < 4.78 is 10.8. The van der Waals surface area contributed by atoms with Crippen LogP contribution in [0.5, 0.6) is 0 Å². The van der Waals surface area contributed by atoms with Gasteiger partial charge in [0.25, 0.3) is 5.91 Å². The summed E-state index contributed by atoms with van der Waals surface area (Å²) in [5.74, 6) is -0.465. The molecule has 1 aromatic heterocycles. The van der Waals surface area contributed by atoms with Crippen molar-refractivity contribution in [1.29, 1.82) is 0 Å². The third kappa shape index (κ3) is 3.21. The van der Waals surface area contributed by atoms with Crippen molar-refractivity contribution in [2.24, 2.45) is 0 Å². The van der Waals surface area contributed by atoms with Gasteiger partial charge in [0.2, 0.25) is 0 Å². The number of methoxy groups -OCH3 is 1. The molecule has 0 fully saturated rings. The number of rotatable bonds is 4. The Hall–Kier alpha value is -1.66. The van der Waals surface area contributed by atoms with Gasteiger partial charge < -0.3 is 14.5 Å². The van der Waals surface area contributed by atoms with Crippen molar-refractivity contribution in [3.63, 3.8) is 0 Å². The minimum Gasteiger partial charge on any atom is -0.422 e. The lowest BCUT2D eigenvalue weighted by Gasteiger charge is -2.04. The van der Waals surface area contributed by atoms with Crippen LogP contribution in [0.25, 0.3) is 11.0 Å². The largest absolute Gasteiger partial charge is 0.422 e. The van der Waals surface area contributed by atoms with Crippen LogP contribution in [0, 0.1) is 0 Å². The zero-order chi connectivity index (χ0) is 13.8. The fraction of sp³-hybridized carbons (Fsp3) is 0.231. The van der Waals surface area contributed by atoms with Crippen molar-refractivity contribution in [2.45, 2.75) is 0 Å². The van der Waals surface area contributed by atoms with Crippen molar-refractivity contribution in [3.05, 3.63) is 44.7 Å². The van der Waals surface area contributed by atoms with Gasteiger partial charge in [-0.1, -0.05) is 15.9 Å². The van der Waals surface area contributed by atoms with Crippen LogP contribution >= 0.6 is 15.9 Å². The van der Waals surface area contributed by atoms with Crippen LogP contribution in [0.3, 0.4) is 0 Å². The third-order valence-electron chi connectivity index (χ3n) is 2.53. The molecular formula is C13H12BrNO4. The summed E-state index contributed by atoms with van der Waals surface area (Å²) >= 11 is 3.33. The maximum absolute atomic E-state index is 11.8. The molecule has 1 N–H and O–H groups in total. The lowest BCUT2D eigenvalue weighted by molar-refractivity contribution is 0.0933. The topological polar surface area (TPSA) is 68.5 Å². The lowest BCUT2D eigenvalue weighted by atomic mass is 10.2. The van der Waals surface area contributed by atoms with Crippen molar-refractivity contribution < 1.29 is 13.9 Å². The molecule has 0 spiro atoms. The number of halogens is 1. The summed E-state index contributed by atoms with van der Waals surface area (Å²) in [4.78, 5) is 23.6. The fourth-order valence-corrected chi connectivity index (χ4v) is 1.99. The van der Waals surface area contributed by atoms with Crippen molar-refractivity contribution >= 4 is 32.8 Å². The van der Waals surface area contributed by atoms with E-state index in [2.05, 4.69) is 21.2 Å². The molecule has 0 radical (unpaired) electrons. The second-order valence-electron chi connectivity index (χ2n) is 3.88. The van der Waals surface area contributed by atoms with E-state index < -0.39 is 11.5 Å². The first-order chi connectivity index (χ1) is 9.11. The molecule has 2 rings (SSSR count). The highest BCUT2D eigenvalue weighted by molar-refractivity contribution is 9.10. The highest BCUT2D eigenvalue weighted by Gasteiger charge is 2.13. The van der Waals surface area contributed by atoms with Crippen molar-refractivity contribution in [1.82, 2.24) is 5.32 Å². The Kier molecular flexibility index (Phi) is 4.34. The normalized spacial score (nSPS) is 10.6. The number of nitrogens with one attached hydrogen (secondary N) is 1. The number of amides is 1. The van der Waals surface area contributed by atoms with Gasteiger partial charge in [-0.25, -0.2) is 4.79 Å². The molecule has 0 bridgehead atoms. The maximum Gasteiger partial charge on any atom is 0.349 e. The van der Waals surface area contributed by atoms with Gasteiger partial charge >= 0.3 is 5.63 Å². The van der Waals surface area contributed by atoms with Crippen LogP contribution in [-0.2, 0) is 4.74 Å². The number of fused-ring (bicyclic) bond motifs is 1. The van der Waals surface area contributed by atoms with E-state index in [1.807, 2.05) is 0 Å². The second-order valence-corrected chi connectivity index (χ2v) is 4.79. The predicted octanol–water partition coefficient (Wildman–Crippen LogP) is 1.93. The molecule has 0 unspecified atom stereocenters. The van der Waals surface area contributed by atoms with Crippen LogP contribution in [0.2, 0.25) is 0 Å². The smallest absolute Gasteiger partial charge is 0.349 e. The van der Waals surface area contributed by atoms with Gasteiger partial charge in [0.1, 0.15) is 11.1 Å². The Morgan fingerprint density at radius 3 is 2.95 bits per heavy atom. The molecule has 0 saturated carbocycles. The number of benzene rings is 1. The van der Waals surface area contributed by atoms with Crippen molar-refractivity contribution in [2.75, 3.05) is 20.3 Å². The third-order valence-corrected chi connectivity index (χ3v) is 3.02. The minimum absolute atomic E-state index is 0.0123. The fourth-order valence-electron chi connectivity index (χ4n) is 1.61. The van der Waals surface area contributed by atoms with Gasteiger partial charge in [-0.3, -0.25) is 4.79 Å². The summed E-state index contributed by atoms with van der Waals surface area (Å²) in [5.41, 5.74) is -0.215. The van der Waals surface area contributed by atoms with E-state index in [4.69, 9.17) is 9.15 Å². The van der Waals surface area contributed by atoms with Crippen LogP contribution in [0.15, 0.2) is 37.9 Å². The molecule has 0 atom stereocenters. The molecule has 1 amide bonds. The summed E-state index contributed by atoms with van der Waals surface area (Å²) in [6.45, 7) is 0.724. The van der Waals surface area contributed by atoms with Gasteiger partial charge in [0.05, 0.1) is 6.61 Å². The molecule has 0 aliphatic carbocycles. The summed E-state index contributed by atoms with van der Waals surface area (Å²) in [7, 11) is 1.54. The molecule has 0 aliphatic rings. The van der Waals surface area contributed by atoms with E-state index in [0.29, 0.717) is 24.1 Å². The van der Waals surface area contributed by atoms with Crippen LogP contribution in [0.1, 0.15) is 10.4 Å². The highest BCUT2D eigenvalue weighted by atomic mass is 79.9. The van der Waals surface area contributed by atoms with Crippen molar-refractivity contribution in [3.8, 4) is 0 Å². The Labute approximate surface area is 117 Å². The highest BCUT2D eigenvalue weighted by Crippen LogP contribution is 2.19. The molecule has 6 heteroatoms. The molecule has 100 valence electrons.